The van der Waals surface area contributed by atoms with Crippen molar-refractivity contribution in [1.82, 2.24) is 24.3 Å². The summed E-state index contributed by atoms with van der Waals surface area (Å²) in [6, 6.07) is 7.29. The predicted molar refractivity (Wildman–Crippen MR) is 100 cm³/mol. The van der Waals surface area contributed by atoms with E-state index in [1.807, 2.05) is 0 Å². The van der Waals surface area contributed by atoms with Crippen molar-refractivity contribution >= 4 is 21.9 Å². The highest BCUT2D eigenvalue weighted by Crippen LogP contribution is 2.20. The van der Waals surface area contributed by atoms with E-state index in [4.69, 9.17) is 9.15 Å². The molecule has 152 valence electrons. The molecule has 2 aromatic heterocycles. The Hall–Kier alpha value is -3.09. The van der Waals surface area contributed by atoms with Gasteiger partial charge in [0.05, 0.1) is 18.1 Å². The quantitative estimate of drug-likeness (QED) is 0.642. The lowest BCUT2D eigenvalue weighted by atomic mass is 10.2. The molecule has 0 bridgehead atoms. The average molecular weight is 418 g/mol. The smallest absolute Gasteiger partial charge is 0.322 e. The zero-order chi connectivity index (χ0) is 20.4. The van der Waals surface area contributed by atoms with Gasteiger partial charge in [-0.3, -0.25) is 14.8 Å². The lowest BCUT2D eigenvalue weighted by Gasteiger charge is -2.26. The number of hydrogen-bond acceptors (Lipinski definition) is 8. The number of hydrogen-bond donors (Lipinski definition) is 1. The number of rotatable bonds is 5. The van der Waals surface area contributed by atoms with E-state index in [9.17, 15) is 13.2 Å². The van der Waals surface area contributed by atoms with Crippen molar-refractivity contribution < 1.29 is 22.4 Å². The Bertz CT molecular complexity index is 1120. The van der Waals surface area contributed by atoms with Gasteiger partial charge in [0.1, 0.15) is 5.69 Å². The Labute approximate surface area is 166 Å². The van der Waals surface area contributed by atoms with E-state index in [1.165, 1.54) is 28.6 Å². The predicted octanol–water partition coefficient (Wildman–Crippen LogP) is 0.743. The van der Waals surface area contributed by atoms with Crippen LogP contribution >= 0.6 is 0 Å². The monoisotopic (exact) mass is 418 g/mol. The minimum absolute atomic E-state index is 0.0729. The third-order valence-corrected chi connectivity index (χ3v) is 6.32. The van der Waals surface area contributed by atoms with E-state index in [0.29, 0.717) is 32.0 Å². The number of carbonyl (C=O) groups excluding carboxylic acids is 1. The molecule has 0 aliphatic carbocycles. The van der Waals surface area contributed by atoms with E-state index >= 15 is 0 Å². The van der Waals surface area contributed by atoms with Crippen molar-refractivity contribution in [2.24, 2.45) is 7.05 Å². The number of anilines is 1. The number of nitrogens with zero attached hydrogens (tertiary/aromatic N) is 5. The fourth-order valence-electron chi connectivity index (χ4n) is 2.84. The van der Waals surface area contributed by atoms with Crippen molar-refractivity contribution in [2.75, 3.05) is 31.6 Å². The highest BCUT2D eigenvalue weighted by Gasteiger charge is 2.26. The first-order chi connectivity index (χ1) is 13.9. The molecule has 12 heteroatoms. The second-order valence-electron chi connectivity index (χ2n) is 6.25. The van der Waals surface area contributed by atoms with Crippen LogP contribution in [0.15, 0.2) is 45.8 Å². The van der Waals surface area contributed by atoms with Gasteiger partial charge in [0.15, 0.2) is 0 Å². The number of amides is 1. The maximum Gasteiger partial charge on any atom is 0.322 e. The van der Waals surface area contributed by atoms with E-state index in [2.05, 4.69) is 20.6 Å². The van der Waals surface area contributed by atoms with Crippen LogP contribution in [0.3, 0.4) is 0 Å². The molecule has 1 amide bonds. The van der Waals surface area contributed by atoms with Gasteiger partial charge in [0.25, 0.3) is 11.8 Å². The molecule has 1 fully saturated rings. The standard InChI is InChI=1S/C17H18N6O5S/c1-22-14(6-7-18-22)16-20-21-17(28-16)19-15(24)12-2-4-13(5-3-12)29(25,26)23-8-10-27-11-9-23/h2-7H,8-11H2,1H3,(H,19,21,24). The van der Waals surface area contributed by atoms with Crippen molar-refractivity contribution in [3.8, 4) is 11.6 Å². The highest BCUT2D eigenvalue weighted by molar-refractivity contribution is 7.89. The third-order valence-electron chi connectivity index (χ3n) is 4.41. The molecule has 0 atom stereocenters. The molecule has 1 aromatic carbocycles. The minimum Gasteiger partial charge on any atom is -0.401 e. The summed E-state index contributed by atoms with van der Waals surface area (Å²) in [4.78, 5) is 12.5. The lowest BCUT2D eigenvalue weighted by Crippen LogP contribution is -2.40. The van der Waals surface area contributed by atoms with Crippen LogP contribution in [-0.4, -0.2) is 64.9 Å². The molecular formula is C17H18N6O5S. The zero-order valence-corrected chi connectivity index (χ0v) is 16.3. The topological polar surface area (TPSA) is 132 Å². The van der Waals surface area contributed by atoms with Gasteiger partial charge in [-0.25, -0.2) is 8.42 Å². The van der Waals surface area contributed by atoms with Crippen molar-refractivity contribution in [2.45, 2.75) is 4.90 Å². The molecule has 0 saturated carbocycles. The summed E-state index contributed by atoms with van der Waals surface area (Å²) in [5, 5.41) is 14.2. The van der Waals surface area contributed by atoms with Gasteiger partial charge in [0, 0.05) is 31.9 Å². The molecule has 0 spiro atoms. The fraction of sp³-hybridized carbons (Fsp3) is 0.294. The first-order valence-electron chi connectivity index (χ1n) is 8.76. The van der Waals surface area contributed by atoms with Gasteiger partial charge in [-0.05, 0) is 30.3 Å². The zero-order valence-electron chi connectivity index (χ0n) is 15.5. The molecule has 0 radical (unpaired) electrons. The molecule has 0 unspecified atom stereocenters. The summed E-state index contributed by atoms with van der Waals surface area (Å²) < 4.78 is 38.8. The lowest BCUT2D eigenvalue weighted by molar-refractivity contribution is 0.0730. The van der Waals surface area contributed by atoms with Crippen molar-refractivity contribution in [3.63, 3.8) is 0 Å². The second kappa shape index (κ2) is 7.73. The summed E-state index contributed by atoms with van der Waals surface area (Å²) in [7, 11) is -1.89. The summed E-state index contributed by atoms with van der Waals surface area (Å²) in [5.41, 5.74) is 0.863. The van der Waals surface area contributed by atoms with Crippen molar-refractivity contribution in [1.29, 1.82) is 0 Å². The van der Waals surface area contributed by atoms with Gasteiger partial charge in [-0.1, -0.05) is 5.10 Å². The first kappa shape index (κ1) is 19.2. The summed E-state index contributed by atoms with van der Waals surface area (Å²) >= 11 is 0. The van der Waals surface area contributed by atoms with Crippen LogP contribution in [0.5, 0.6) is 0 Å². The number of sulfonamides is 1. The number of morpholine rings is 1. The normalized spacial score (nSPS) is 15.3. The van der Waals surface area contributed by atoms with Crippen LogP contribution in [0.1, 0.15) is 10.4 Å². The van der Waals surface area contributed by atoms with Gasteiger partial charge in [-0.15, -0.1) is 5.10 Å². The van der Waals surface area contributed by atoms with E-state index in [0.717, 1.165) is 0 Å². The van der Waals surface area contributed by atoms with Gasteiger partial charge in [-0.2, -0.15) is 9.40 Å². The number of benzene rings is 1. The van der Waals surface area contributed by atoms with Crippen LogP contribution in [0.4, 0.5) is 6.01 Å². The Morgan fingerprint density at radius 3 is 2.48 bits per heavy atom. The number of aryl methyl sites for hydroxylation is 1. The Morgan fingerprint density at radius 1 is 1.10 bits per heavy atom. The SMILES string of the molecule is Cn1nccc1-c1nnc(NC(=O)c2ccc(S(=O)(=O)N3CCOCC3)cc2)o1. The number of ether oxygens (including phenoxy) is 1. The van der Waals surface area contributed by atoms with Crippen LogP contribution in [-0.2, 0) is 21.8 Å². The molecule has 3 heterocycles. The molecule has 29 heavy (non-hydrogen) atoms. The molecular weight excluding hydrogens is 400 g/mol. The summed E-state index contributed by atoms with van der Waals surface area (Å²) in [6.45, 7) is 1.34. The molecule has 4 rings (SSSR count). The van der Waals surface area contributed by atoms with E-state index < -0.39 is 15.9 Å². The average Bonchev–Trinajstić information content (AvgIpc) is 3.37. The molecule has 1 aliphatic heterocycles. The Kier molecular flexibility index (Phi) is 5.13. The summed E-state index contributed by atoms with van der Waals surface area (Å²) in [6.07, 6.45) is 1.59. The van der Waals surface area contributed by atoms with Gasteiger partial charge in [0.2, 0.25) is 10.0 Å². The fourth-order valence-corrected chi connectivity index (χ4v) is 4.25. The van der Waals surface area contributed by atoms with Crippen LogP contribution in [0, 0.1) is 0 Å². The van der Waals surface area contributed by atoms with Crippen molar-refractivity contribution in [3.05, 3.63) is 42.1 Å². The van der Waals surface area contributed by atoms with E-state index in [-0.39, 0.29) is 22.4 Å². The van der Waals surface area contributed by atoms with Gasteiger partial charge < -0.3 is 9.15 Å². The number of carbonyl (C=O) groups is 1. The highest BCUT2D eigenvalue weighted by atomic mass is 32.2. The van der Waals surface area contributed by atoms with Gasteiger partial charge >= 0.3 is 6.01 Å². The number of nitrogens with one attached hydrogen (secondary N) is 1. The Balaban J connectivity index is 1.46. The Morgan fingerprint density at radius 2 is 1.83 bits per heavy atom. The molecule has 1 aliphatic rings. The van der Waals surface area contributed by atoms with E-state index in [1.54, 1.807) is 24.0 Å². The maximum absolute atomic E-state index is 12.6. The maximum atomic E-state index is 12.6. The van der Waals surface area contributed by atoms with Crippen LogP contribution in [0.2, 0.25) is 0 Å². The van der Waals surface area contributed by atoms with Crippen LogP contribution < -0.4 is 5.32 Å². The second-order valence-corrected chi connectivity index (χ2v) is 8.19. The molecule has 11 nitrogen and oxygen atoms in total. The third kappa shape index (κ3) is 3.90. The minimum atomic E-state index is -3.62. The molecule has 1 saturated heterocycles. The largest absolute Gasteiger partial charge is 0.401 e. The van der Waals surface area contributed by atoms with Crippen LogP contribution in [0.25, 0.3) is 11.6 Å². The first-order valence-corrected chi connectivity index (χ1v) is 10.2. The number of aromatic nitrogens is 4. The summed E-state index contributed by atoms with van der Waals surface area (Å²) in [5.74, 6) is -0.284. The molecule has 3 aromatic rings. The molecule has 1 N–H and O–H groups in total.